The van der Waals surface area contributed by atoms with Crippen molar-refractivity contribution in [1.82, 2.24) is 0 Å². The Hall–Kier alpha value is -4.06. The first-order chi connectivity index (χ1) is 18.1. The van der Waals surface area contributed by atoms with Crippen molar-refractivity contribution >= 4 is 28.8 Å². The van der Waals surface area contributed by atoms with Crippen molar-refractivity contribution < 1.29 is 19.4 Å². The number of ether oxygens (including phenoxy) is 1. The summed E-state index contributed by atoms with van der Waals surface area (Å²) in [5, 5.41) is 11.4. The third kappa shape index (κ3) is 5.30. The van der Waals surface area contributed by atoms with E-state index in [1.54, 1.807) is 24.3 Å². The summed E-state index contributed by atoms with van der Waals surface area (Å²) in [5.74, 6) is -0.906. The summed E-state index contributed by atoms with van der Waals surface area (Å²) in [4.78, 5) is 30.7. The number of anilines is 2. The van der Waals surface area contributed by atoms with E-state index in [4.69, 9.17) is 4.74 Å². The number of aliphatic hydroxyl groups is 1. The van der Waals surface area contributed by atoms with E-state index in [-0.39, 0.29) is 17.4 Å². The predicted octanol–water partition coefficient (Wildman–Crippen LogP) is 6.56. The van der Waals surface area contributed by atoms with Gasteiger partial charge in [-0.3, -0.25) is 14.5 Å². The van der Waals surface area contributed by atoms with Gasteiger partial charge in [0.2, 0.25) is 0 Å². The first-order valence-electron chi connectivity index (χ1n) is 13.2. The van der Waals surface area contributed by atoms with Gasteiger partial charge in [0.25, 0.3) is 11.7 Å². The van der Waals surface area contributed by atoms with E-state index in [9.17, 15) is 14.7 Å². The molecule has 1 unspecified atom stereocenters. The molecule has 0 saturated carbocycles. The fraction of sp³-hybridized carbons (Fsp3) is 0.312. The Morgan fingerprint density at radius 3 is 2.03 bits per heavy atom. The number of hydrogen-bond acceptors (Lipinski definition) is 5. The van der Waals surface area contributed by atoms with Crippen molar-refractivity contribution in [3.8, 4) is 5.75 Å². The Kier molecular flexibility index (Phi) is 7.91. The van der Waals surface area contributed by atoms with Gasteiger partial charge in [-0.15, -0.1) is 0 Å². The molecule has 1 saturated heterocycles. The van der Waals surface area contributed by atoms with Gasteiger partial charge in [0.1, 0.15) is 11.5 Å². The van der Waals surface area contributed by atoms with Crippen LogP contribution < -0.4 is 14.5 Å². The van der Waals surface area contributed by atoms with Crippen LogP contribution in [0.1, 0.15) is 56.0 Å². The van der Waals surface area contributed by atoms with Crippen LogP contribution in [0.15, 0.2) is 72.3 Å². The number of nitrogens with zero attached hydrogens (tertiary/aromatic N) is 2. The molecule has 6 heteroatoms. The molecule has 1 aliphatic rings. The molecule has 0 radical (unpaired) electrons. The highest BCUT2D eigenvalue weighted by atomic mass is 16.5. The molecule has 1 N–H and O–H groups in total. The molecule has 3 aromatic carbocycles. The average Bonchev–Trinajstić information content (AvgIpc) is 3.14. The monoisotopic (exact) mass is 512 g/mol. The lowest BCUT2D eigenvalue weighted by atomic mass is 9.94. The van der Waals surface area contributed by atoms with E-state index in [1.165, 1.54) is 4.90 Å². The van der Waals surface area contributed by atoms with Crippen LogP contribution >= 0.6 is 0 Å². The molecule has 0 spiro atoms. The molecule has 3 aromatic rings. The Morgan fingerprint density at radius 2 is 1.50 bits per heavy atom. The summed E-state index contributed by atoms with van der Waals surface area (Å²) in [6.07, 6.45) is 0.0110. The van der Waals surface area contributed by atoms with Gasteiger partial charge >= 0.3 is 0 Å². The molecule has 198 valence electrons. The lowest BCUT2D eigenvalue weighted by Crippen LogP contribution is -2.29. The minimum atomic E-state index is -0.770. The van der Waals surface area contributed by atoms with Crippen molar-refractivity contribution in [3.63, 3.8) is 0 Å². The zero-order valence-electron chi connectivity index (χ0n) is 23.0. The molecule has 4 rings (SSSR count). The second-order valence-electron chi connectivity index (χ2n) is 9.97. The van der Waals surface area contributed by atoms with E-state index >= 15 is 0 Å². The molecule has 1 aliphatic heterocycles. The third-order valence-electron chi connectivity index (χ3n) is 6.77. The number of rotatable bonds is 8. The fourth-order valence-electron chi connectivity index (χ4n) is 5.08. The Labute approximate surface area is 225 Å². The van der Waals surface area contributed by atoms with Gasteiger partial charge in [-0.1, -0.05) is 18.2 Å². The topological polar surface area (TPSA) is 70.1 Å². The highest BCUT2D eigenvalue weighted by Gasteiger charge is 2.47. The predicted molar refractivity (Wildman–Crippen MR) is 153 cm³/mol. The van der Waals surface area contributed by atoms with Crippen LogP contribution in [0.5, 0.6) is 5.75 Å². The summed E-state index contributed by atoms with van der Waals surface area (Å²) >= 11 is 0. The molecule has 1 fully saturated rings. The van der Waals surface area contributed by atoms with Gasteiger partial charge in [0.05, 0.1) is 17.7 Å². The van der Waals surface area contributed by atoms with Crippen molar-refractivity contribution in [2.24, 2.45) is 0 Å². The largest absolute Gasteiger partial charge is 0.507 e. The number of hydrogen-bond donors (Lipinski definition) is 1. The molecule has 0 bridgehead atoms. The number of Topliss-reactive ketones (excluding diaryl/α,β-unsaturated/α-hetero) is 1. The van der Waals surface area contributed by atoms with Crippen LogP contribution in [0.3, 0.4) is 0 Å². The summed E-state index contributed by atoms with van der Waals surface area (Å²) in [7, 11) is 0. The summed E-state index contributed by atoms with van der Waals surface area (Å²) in [6.45, 7) is 13.7. The maximum atomic E-state index is 13.5. The molecule has 38 heavy (non-hydrogen) atoms. The number of carbonyl (C=O) groups is 2. The van der Waals surface area contributed by atoms with E-state index in [1.807, 2.05) is 70.2 Å². The van der Waals surface area contributed by atoms with Crippen LogP contribution in [0.2, 0.25) is 0 Å². The van der Waals surface area contributed by atoms with Gasteiger partial charge in [0, 0.05) is 30.0 Å². The highest BCUT2D eigenvalue weighted by molar-refractivity contribution is 6.51. The van der Waals surface area contributed by atoms with Crippen molar-refractivity contribution in [2.75, 3.05) is 22.9 Å². The smallest absolute Gasteiger partial charge is 0.300 e. The number of ketones is 1. The molecule has 0 aromatic heterocycles. The molecule has 1 atom stereocenters. The first-order valence-corrected chi connectivity index (χ1v) is 13.2. The minimum Gasteiger partial charge on any atom is -0.507 e. The van der Waals surface area contributed by atoms with Crippen molar-refractivity contribution in [3.05, 3.63) is 94.6 Å². The quantitative estimate of drug-likeness (QED) is 0.210. The summed E-state index contributed by atoms with van der Waals surface area (Å²) < 4.78 is 5.72. The highest BCUT2D eigenvalue weighted by Crippen LogP contribution is 2.43. The Balaban J connectivity index is 1.87. The van der Waals surface area contributed by atoms with Crippen LogP contribution in [-0.4, -0.2) is 36.0 Å². The lowest BCUT2D eigenvalue weighted by Gasteiger charge is -2.27. The fourth-order valence-corrected chi connectivity index (χ4v) is 5.08. The number of carbonyl (C=O) groups excluding carboxylic acids is 2. The Morgan fingerprint density at radius 1 is 0.921 bits per heavy atom. The van der Waals surface area contributed by atoms with Crippen molar-refractivity contribution in [1.29, 1.82) is 0 Å². The second kappa shape index (κ2) is 11.1. The lowest BCUT2D eigenvalue weighted by molar-refractivity contribution is -0.132. The van der Waals surface area contributed by atoms with Crippen molar-refractivity contribution in [2.45, 2.75) is 53.7 Å². The van der Waals surface area contributed by atoms with Crippen LogP contribution in [0.25, 0.3) is 5.76 Å². The second-order valence-corrected chi connectivity index (χ2v) is 9.97. The average molecular weight is 513 g/mol. The van der Waals surface area contributed by atoms with E-state index < -0.39 is 17.7 Å². The molecule has 0 aliphatic carbocycles. The maximum Gasteiger partial charge on any atom is 0.300 e. The normalized spacial score (nSPS) is 16.8. The van der Waals surface area contributed by atoms with Gasteiger partial charge in [-0.2, -0.15) is 0 Å². The minimum absolute atomic E-state index is 0.0110. The molecule has 6 nitrogen and oxygen atoms in total. The molecular formula is C32H36N2O4. The van der Waals surface area contributed by atoms with Gasteiger partial charge in [0.15, 0.2) is 0 Å². The SMILES string of the molecule is CCN(CC)c1ccc(C2/C(=C(\O)c3ccc(OC(C)C)cc3)C(=O)C(=O)N2c2cc(C)cc(C)c2)cc1. The maximum absolute atomic E-state index is 13.5. The Bertz CT molecular complexity index is 1330. The van der Waals surface area contributed by atoms with E-state index in [0.717, 1.165) is 35.5 Å². The summed E-state index contributed by atoms with van der Waals surface area (Å²) in [6, 6.07) is 19.8. The van der Waals surface area contributed by atoms with Crippen LogP contribution in [-0.2, 0) is 9.59 Å². The zero-order chi connectivity index (χ0) is 27.6. The van der Waals surface area contributed by atoms with Crippen LogP contribution in [0.4, 0.5) is 11.4 Å². The van der Waals surface area contributed by atoms with Gasteiger partial charge in [-0.05, 0) is 107 Å². The van der Waals surface area contributed by atoms with Crippen LogP contribution in [0, 0.1) is 13.8 Å². The van der Waals surface area contributed by atoms with Gasteiger partial charge < -0.3 is 14.7 Å². The molecule has 1 amide bonds. The summed E-state index contributed by atoms with van der Waals surface area (Å²) in [5.41, 5.74) is 4.92. The molecular weight excluding hydrogens is 476 g/mol. The van der Waals surface area contributed by atoms with E-state index in [0.29, 0.717) is 17.0 Å². The number of amides is 1. The zero-order valence-corrected chi connectivity index (χ0v) is 23.0. The van der Waals surface area contributed by atoms with Gasteiger partial charge in [-0.25, -0.2) is 0 Å². The van der Waals surface area contributed by atoms with E-state index in [2.05, 4.69) is 18.7 Å². The number of benzene rings is 3. The standard InChI is InChI=1S/C32H36N2O4/c1-7-33(8-2)25-13-9-23(10-14-25)29-28(30(35)24-11-15-27(16-12-24)38-20(3)4)31(36)32(37)34(29)26-18-21(5)17-22(6)19-26/h9-20,29,35H,7-8H2,1-6H3/b30-28+. The first kappa shape index (κ1) is 27.0. The molecule has 1 heterocycles. The third-order valence-corrected chi connectivity index (χ3v) is 6.77. The number of aryl methyl sites for hydroxylation is 2. The number of aliphatic hydroxyl groups excluding tert-OH is 1.